The summed E-state index contributed by atoms with van der Waals surface area (Å²) in [6, 6.07) is 2.64. The van der Waals surface area contributed by atoms with Crippen LogP contribution in [0.4, 0.5) is 0 Å². The van der Waals surface area contributed by atoms with Crippen LogP contribution in [0.3, 0.4) is 0 Å². The molecule has 5 rings (SSSR count). The number of hydrogen-bond donors (Lipinski definition) is 4. The summed E-state index contributed by atoms with van der Waals surface area (Å²) in [6.45, 7) is 0.620. The van der Waals surface area contributed by atoms with Crippen molar-refractivity contribution in [3.63, 3.8) is 0 Å². The number of ether oxygens (including phenoxy) is 3. The molecule has 5 atom stereocenters. The fourth-order valence-corrected chi connectivity index (χ4v) is 6.58. The maximum Gasteiger partial charge on any atom is 0.252 e. The SMILES string of the molecule is COc1cc(CO)cc2c1O[C@@H]1[C@@H](O)[C@H](N(CC3CCCCC3)C(=O)C3CCCO3)C=C(C(=O)NCCO)[C@H]21. The second-order valence-corrected chi connectivity index (χ2v) is 11.0. The Bertz CT molecular complexity index is 1080. The van der Waals surface area contributed by atoms with Gasteiger partial charge in [0.15, 0.2) is 11.5 Å². The van der Waals surface area contributed by atoms with E-state index < -0.39 is 36.2 Å². The third kappa shape index (κ3) is 5.52. The number of aliphatic hydroxyl groups is 3. The van der Waals surface area contributed by atoms with Gasteiger partial charge in [-0.25, -0.2) is 0 Å². The molecule has 1 unspecified atom stereocenters. The van der Waals surface area contributed by atoms with Crippen molar-refractivity contribution in [3.8, 4) is 11.5 Å². The van der Waals surface area contributed by atoms with E-state index in [0.29, 0.717) is 53.7 Å². The van der Waals surface area contributed by atoms with Crippen LogP contribution in [0.5, 0.6) is 11.5 Å². The molecule has 10 heteroatoms. The average Bonchev–Trinajstić information content (AvgIpc) is 3.64. The number of benzene rings is 1. The molecule has 2 aliphatic carbocycles. The standard InChI is InChI=1S/C29H40N2O8/c1-37-23-13-18(16-33)12-19-24-20(28(35)30-9-10-32)14-21(25(34)27(24)39-26(19)23)31(15-17-6-3-2-4-7-17)29(36)22-8-5-11-38-22/h12-14,17,21-22,24-25,27,32-34H,2-11,15-16H2,1H3,(H,30,35)/t21-,22?,24+,25+,27+/m1/s1. The molecular formula is C29H40N2O8. The lowest BCUT2D eigenvalue weighted by molar-refractivity contribution is -0.147. The number of fused-ring (bicyclic) bond motifs is 3. The van der Waals surface area contributed by atoms with Gasteiger partial charge in [0.25, 0.3) is 5.91 Å². The topological polar surface area (TPSA) is 138 Å². The van der Waals surface area contributed by atoms with Gasteiger partial charge in [0.1, 0.15) is 18.3 Å². The summed E-state index contributed by atoms with van der Waals surface area (Å²) in [5.41, 5.74) is 1.58. The van der Waals surface area contributed by atoms with E-state index in [9.17, 15) is 24.9 Å². The van der Waals surface area contributed by atoms with Gasteiger partial charge >= 0.3 is 0 Å². The molecule has 214 valence electrons. The van der Waals surface area contributed by atoms with E-state index in [4.69, 9.17) is 14.2 Å². The van der Waals surface area contributed by atoms with Crippen molar-refractivity contribution < 1.29 is 39.1 Å². The monoisotopic (exact) mass is 544 g/mol. The van der Waals surface area contributed by atoms with E-state index in [1.807, 2.05) is 0 Å². The number of aliphatic hydroxyl groups excluding tert-OH is 3. The zero-order chi connectivity index (χ0) is 27.5. The summed E-state index contributed by atoms with van der Waals surface area (Å²) in [5.74, 6) is -0.0814. The average molecular weight is 545 g/mol. The van der Waals surface area contributed by atoms with Gasteiger partial charge < -0.3 is 39.7 Å². The Labute approximate surface area is 228 Å². The van der Waals surface area contributed by atoms with Gasteiger partial charge in [0.05, 0.1) is 32.3 Å². The zero-order valence-corrected chi connectivity index (χ0v) is 22.5. The van der Waals surface area contributed by atoms with Crippen LogP contribution < -0.4 is 14.8 Å². The molecule has 2 heterocycles. The molecule has 1 saturated heterocycles. The molecule has 2 aliphatic heterocycles. The molecule has 1 aromatic carbocycles. The van der Waals surface area contributed by atoms with E-state index in [0.717, 1.165) is 32.1 Å². The number of nitrogens with one attached hydrogen (secondary N) is 1. The smallest absolute Gasteiger partial charge is 0.252 e. The lowest BCUT2D eigenvalue weighted by atomic mass is 9.76. The van der Waals surface area contributed by atoms with Crippen LogP contribution in [0.2, 0.25) is 0 Å². The third-order valence-electron chi connectivity index (χ3n) is 8.52. The lowest BCUT2D eigenvalue weighted by Crippen LogP contribution is -2.58. The number of rotatable bonds is 9. The number of hydrogen-bond acceptors (Lipinski definition) is 8. The summed E-state index contributed by atoms with van der Waals surface area (Å²) in [6.07, 6.45) is 6.05. The van der Waals surface area contributed by atoms with Crippen molar-refractivity contribution in [1.29, 1.82) is 0 Å². The lowest BCUT2D eigenvalue weighted by Gasteiger charge is -2.43. The Morgan fingerprint density at radius 2 is 1.92 bits per heavy atom. The second-order valence-electron chi connectivity index (χ2n) is 11.0. The number of carbonyl (C=O) groups excluding carboxylic acids is 2. The summed E-state index contributed by atoms with van der Waals surface area (Å²) in [5, 5.41) is 33.7. The molecule has 2 fully saturated rings. The van der Waals surface area contributed by atoms with Gasteiger partial charge in [0.2, 0.25) is 5.91 Å². The molecule has 0 radical (unpaired) electrons. The first kappa shape index (κ1) is 27.9. The minimum absolute atomic E-state index is 0.0646. The normalized spacial score (nSPS) is 28.2. The van der Waals surface area contributed by atoms with Crippen LogP contribution in [-0.4, -0.2) is 89.8 Å². The highest BCUT2D eigenvalue weighted by Crippen LogP contribution is 2.51. The van der Waals surface area contributed by atoms with Crippen molar-refractivity contribution in [1.82, 2.24) is 10.2 Å². The van der Waals surface area contributed by atoms with Gasteiger partial charge in [-0.3, -0.25) is 9.59 Å². The highest BCUT2D eigenvalue weighted by atomic mass is 16.5. The Hall–Kier alpha value is -2.66. The van der Waals surface area contributed by atoms with Crippen molar-refractivity contribution in [2.24, 2.45) is 5.92 Å². The molecule has 39 heavy (non-hydrogen) atoms. The third-order valence-corrected chi connectivity index (χ3v) is 8.52. The highest BCUT2D eigenvalue weighted by molar-refractivity contribution is 5.96. The largest absolute Gasteiger partial charge is 0.493 e. The van der Waals surface area contributed by atoms with Crippen molar-refractivity contribution in [2.45, 2.75) is 81.8 Å². The summed E-state index contributed by atoms with van der Waals surface area (Å²) in [4.78, 5) is 29.0. The van der Waals surface area contributed by atoms with Gasteiger partial charge in [0, 0.05) is 30.8 Å². The molecule has 0 spiro atoms. The number of methoxy groups -OCH3 is 1. The van der Waals surface area contributed by atoms with Gasteiger partial charge in [-0.1, -0.05) is 19.3 Å². The van der Waals surface area contributed by atoms with E-state index in [1.54, 1.807) is 23.1 Å². The molecule has 0 bridgehead atoms. The maximum absolute atomic E-state index is 13.8. The molecule has 0 aromatic heterocycles. The predicted octanol–water partition coefficient (Wildman–Crippen LogP) is 1.40. The van der Waals surface area contributed by atoms with Crippen LogP contribution in [0.1, 0.15) is 62.0 Å². The summed E-state index contributed by atoms with van der Waals surface area (Å²) >= 11 is 0. The molecular weight excluding hydrogens is 504 g/mol. The van der Waals surface area contributed by atoms with Crippen molar-refractivity contribution in [3.05, 3.63) is 34.9 Å². The molecule has 1 saturated carbocycles. The number of amides is 2. The van der Waals surface area contributed by atoms with Crippen LogP contribution in [0.15, 0.2) is 23.8 Å². The minimum Gasteiger partial charge on any atom is -0.493 e. The molecule has 10 nitrogen and oxygen atoms in total. The quantitative estimate of drug-likeness (QED) is 0.366. The van der Waals surface area contributed by atoms with E-state index in [2.05, 4.69) is 5.32 Å². The maximum atomic E-state index is 13.8. The zero-order valence-electron chi connectivity index (χ0n) is 22.5. The van der Waals surface area contributed by atoms with Crippen LogP contribution in [0.25, 0.3) is 0 Å². The Morgan fingerprint density at radius 1 is 1.13 bits per heavy atom. The Kier molecular flexibility index (Phi) is 8.76. The molecule has 1 aromatic rings. The highest BCUT2D eigenvalue weighted by Gasteiger charge is 2.52. The minimum atomic E-state index is -1.12. The molecule has 4 N–H and O–H groups in total. The van der Waals surface area contributed by atoms with E-state index >= 15 is 0 Å². The van der Waals surface area contributed by atoms with E-state index in [-0.39, 0.29) is 25.7 Å². The van der Waals surface area contributed by atoms with E-state index in [1.165, 1.54) is 13.5 Å². The summed E-state index contributed by atoms with van der Waals surface area (Å²) in [7, 11) is 1.50. The van der Waals surface area contributed by atoms with Crippen LogP contribution in [0, 0.1) is 5.92 Å². The fraction of sp³-hybridized carbons (Fsp3) is 0.655. The first-order valence-corrected chi connectivity index (χ1v) is 14.2. The van der Waals surface area contributed by atoms with Crippen molar-refractivity contribution >= 4 is 11.8 Å². The van der Waals surface area contributed by atoms with Crippen LogP contribution in [-0.2, 0) is 20.9 Å². The van der Waals surface area contributed by atoms with Gasteiger partial charge in [-0.15, -0.1) is 0 Å². The number of carbonyl (C=O) groups is 2. The first-order valence-electron chi connectivity index (χ1n) is 14.2. The van der Waals surface area contributed by atoms with Gasteiger partial charge in [-0.05, 0) is 55.4 Å². The Balaban J connectivity index is 1.56. The fourth-order valence-electron chi connectivity index (χ4n) is 6.58. The van der Waals surface area contributed by atoms with Crippen LogP contribution >= 0.6 is 0 Å². The van der Waals surface area contributed by atoms with Crippen molar-refractivity contribution in [2.75, 3.05) is 33.4 Å². The van der Waals surface area contributed by atoms with Gasteiger partial charge in [-0.2, -0.15) is 0 Å². The number of nitrogens with zero attached hydrogens (tertiary/aromatic N) is 1. The molecule has 4 aliphatic rings. The second kappa shape index (κ2) is 12.2. The summed E-state index contributed by atoms with van der Waals surface area (Å²) < 4.78 is 17.6. The Morgan fingerprint density at radius 3 is 2.59 bits per heavy atom. The molecule has 2 amide bonds. The first-order chi connectivity index (χ1) is 19.0. The predicted molar refractivity (Wildman–Crippen MR) is 141 cm³/mol.